The highest BCUT2D eigenvalue weighted by Crippen LogP contribution is 2.33. The lowest BCUT2D eigenvalue weighted by Gasteiger charge is -2.11. The Labute approximate surface area is 157 Å². The average Bonchev–Trinajstić information content (AvgIpc) is 3.09. The number of rotatable bonds is 7. The molecule has 1 aliphatic heterocycles. The first kappa shape index (κ1) is 19.0. The van der Waals surface area contributed by atoms with Crippen molar-refractivity contribution < 1.29 is 27.4 Å². The van der Waals surface area contributed by atoms with Gasteiger partial charge in [0, 0.05) is 11.8 Å². The van der Waals surface area contributed by atoms with Crippen LogP contribution in [0.5, 0.6) is 17.2 Å². The van der Waals surface area contributed by atoms with E-state index in [4.69, 9.17) is 14.2 Å². The first-order valence-electron chi connectivity index (χ1n) is 8.29. The van der Waals surface area contributed by atoms with E-state index in [0.717, 1.165) is 0 Å². The first-order chi connectivity index (χ1) is 12.8. The number of nitrogens with one attached hydrogen (secondary N) is 2. The van der Waals surface area contributed by atoms with Crippen LogP contribution < -0.4 is 24.2 Å². The second kappa shape index (κ2) is 7.85. The number of anilines is 1. The van der Waals surface area contributed by atoms with Gasteiger partial charge in [-0.05, 0) is 50.2 Å². The van der Waals surface area contributed by atoms with Crippen LogP contribution >= 0.6 is 0 Å². The van der Waals surface area contributed by atoms with Gasteiger partial charge in [0.2, 0.25) is 22.7 Å². The molecule has 1 amide bonds. The van der Waals surface area contributed by atoms with E-state index in [2.05, 4.69) is 10.0 Å². The van der Waals surface area contributed by atoms with Crippen molar-refractivity contribution in [2.24, 2.45) is 0 Å². The SMILES string of the molecule is CC(C)Oc1ccc(NC(=O)CNS(=O)(=O)c2ccc3c(c2)OCO3)cc1. The lowest BCUT2D eigenvalue weighted by molar-refractivity contribution is -0.115. The van der Waals surface area contributed by atoms with Crippen molar-refractivity contribution in [2.45, 2.75) is 24.8 Å². The maximum Gasteiger partial charge on any atom is 0.241 e. The molecule has 2 aromatic rings. The van der Waals surface area contributed by atoms with Crippen molar-refractivity contribution in [1.82, 2.24) is 4.72 Å². The Bertz CT molecular complexity index is 925. The molecule has 3 rings (SSSR count). The van der Waals surface area contributed by atoms with Gasteiger partial charge in [-0.3, -0.25) is 4.79 Å². The summed E-state index contributed by atoms with van der Waals surface area (Å²) in [6.45, 7) is 3.49. The number of sulfonamides is 1. The summed E-state index contributed by atoms with van der Waals surface area (Å²) in [5.41, 5.74) is 0.540. The Morgan fingerprint density at radius 2 is 1.81 bits per heavy atom. The lowest BCUT2D eigenvalue weighted by atomic mass is 10.3. The van der Waals surface area contributed by atoms with E-state index in [1.54, 1.807) is 24.3 Å². The minimum atomic E-state index is -3.86. The van der Waals surface area contributed by atoms with Crippen LogP contribution in [0.15, 0.2) is 47.4 Å². The van der Waals surface area contributed by atoms with Crippen LogP contribution in [0.3, 0.4) is 0 Å². The summed E-state index contributed by atoms with van der Waals surface area (Å²) in [7, 11) is -3.86. The molecule has 0 bridgehead atoms. The third-order valence-electron chi connectivity index (χ3n) is 3.59. The van der Waals surface area contributed by atoms with Gasteiger partial charge in [0.25, 0.3) is 0 Å². The zero-order valence-electron chi connectivity index (χ0n) is 14.9. The number of carbonyl (C=O) groups excluding carboxylic acids is 1. The van der Waals surface area contributed by atoms with Crippen LogP contribution in [0.2, 0.25) is 0 Å². The molecule has 144 valence electrons. The molecule has 0 aromatic heterocycles. The number of amides is 1. The van der Waals surface area contributed by atoms with Gasteiger partial charge < -0.3 is 19.5 Å². The Hall–Kier alpha value is -2.78. The molecule has 2 N–H and O–H groups in total. The summed E-state index contributed by atoms with van der Waals surface area (Å²) < 4.78 is 42.8. The van der Waals surface area contributed by atoms with E-state index < -0.39 is 22.5 Å². The van der Waals surface area contributed by atoms with Gasteiger partial charge in [-0.1, -0.05) is 0 Å². The van der Waals surface area contributed by atoms with Crippen molar-refractivity contribution in [1.29, 1.82) is 0 Å². The molecule has 2 aromatic carbocycles. The van der Waals surface area contributed by atoms with Crippen molar-refractivity contribution in [3.8, 4) is 17.2 Å². The summed E-state index contributed by atoms with van der Waals surface area (Å²) in [5.74, 6) is 1.03. The molecule has 0 saturated heterocycles. The van der Waals surface area contributed by atoms with Gasteiger partial charge in [-0.2, -0.15) is 0 Å². The predicted molar refractivity (Wildman–Crippen MR) is 98.6 cm³/mol. The minimum absolute atomic E-state index is 0.00487. The van der Waals surface area contributed by atoms with Gasteiger partial charge in [0.1, 0.15) is 5.75 Å². The smallest absolute Gasteiger partial charge is 0.241 e. The second-order valence-corrected chi connectivity index (χ2v) is 7.85. The Kier molecular flexibility index (Phi) is 5.52. The number of ether oxygens (including phenoxy) is 3. The monoisotopic (exact) mass is 392 g/mol. The Morgan fingerprint density at radius 1 is 1.11 bits per heavy atom. The Balaban J connectivity index is 1.56. The largest absolute Gasteiger partial charge is 0.491 e. The zero-order valence-corrected chi connectivity index (χ0v) is 15.7. The van der Waals surface area contributed by atoms with Crippen molar-refractivity contribution in [2.75, 3.05) is 18.7 Å². The highest BCUT2D eigenvalue weighted by molar-refractivity contribution is 7.89. The molecule has 8 nitrogen and oxygen atoms in total. The normalized spacial score (nSPS) is 12.9. The van der Waals surface area contributed by atoms with E-state index >= 15 is 0 Å². The first-order valence-corrected chi connectivity index (χ1v) is 9.78. The molecule has 1 aliphatic rings. The molecule has 0 aliphatic carbocycles. The molecular weight excluding hydrogens is 372 g/mol. The highest BCUT2D eigenvalue weighted by Gasteiger charge is 2.20. The third kappa shape index (κ3) is 4.89. The molecule has 0 fully saturated rings. The molecular formula is C18H20N2O6S. The van der Waals surface area contributed by atoms with Crippen LogP contribution in [0.1, 0.15) is 13.8 Å². The van der Waals surface area contributed by atoms with E-state index in [9.17, 15) is 13.2 Å². The fourth-order valence-electron chi connectivity index (χ4n) is 2.38. The molecule has 9 heteroatoms. The molecule has 0 spiro atoms. The summed E-state index contributed by atoms with van der Waals surface area (Å²) in [5, 5.41) is 2.62. The highest BCUT2D eigenvalue weighted by atomic mass is 32.2. The van der Waals surface area contributed by atoms with Crippen LogP contribution in [-0.4, -0.2) is 33.8 Å². The maximum absolute atomic E-state index is 12.3. The standard InChI is InChI=1S/C18H20N2O6S/c1-12(2)26-14-5-3-13(4-6-14)20-18(21)10-19-27(22,23)15-7-8-16-17(9-15)25-11-24-16/h3-9,12,19H,10-11H2,1-2H3,(H,20,21). The fourth-order valence-corrected chi connectivity index (χ4v) is 3.38. The number of carbonyl (C=O) groups is 1. The predicted octanol–water partition coefficient (Wildman–Crippen LogP) is 2.12. The topological polar surface area (TPSA) is 103 Å². The fraction of sp³-hybridized carbons (Fsp3) is 0.278. The maximum atomic E-state index is 12.3. The van der Waals surface area contributed by atoms with E-state index in [1.807, 2.05) is 13.8 Å². The summed E-state index contributed by atoms with van der Waals surface area (Å²) in [6.07, 6.45) is 0.0519. The minimum Gasteiger partial charge on any atom is -0.491 e. The third-order valence-corrected chi connectivity index (χ3v) is 4.99. The molecule has 0 atom stereocenters. The van der Waals surface area contributed by atoms with Gasteiger partial charge in [0.15, 0.2) is 11.5 Å². The number of hydrogen-bond donors (Lipinski definition) is 2. The van der Waals surface area contributed by atoms with Crippen LogP contribution in [0.4, 0.5) is 5.69 Å². The summed E-state index contributed by atoms with van der Waals surface area (Å²) in [4.78, 5) is 12.0. The van der Waals surface area contributed by atoms with Crippen molar-refractivity contribution >= 4 is 21.6 Å². The Morgan fingerprint density at radius 3 is 2.52 bits per heavy atom. The average molecular weight is 392 g/mol. The zero-order chi connectivity index (χ0) is 19.4. The van der Waals surface area contributed by atoms with E-state index in [-0.39, 0.29) is 17.8 Å². The summed E-state index contributed by atoms with van der Waals surface area (Å²) >= 11 is 0. The second-order valence-electron chi connectivity index (χ2n) is 6.08. The number of fused-ring (bicyclic) bond motifs is 1. The van der Waals surface area contributed by atoms with Crippen molar-refractivity contribution in [3.63, 3.8) is 0 Å². The van der Waals surface area contributed by atoms with Gasteiger partial charge >= 0.3 is 0 Å². The van der Waals surface area contributed by atoms with Gasteiger partial charge in [0.05, 0.1) is 17.5 Å². The molecule has 0 radical (unpaired) electrons. The molecule has 1 heterocycles. The van der Waals surface area contributed by atoms with E-state index in [1.165, 1.54) is 18.2 Å². The molecule has 27 heavy (non-hydrogen) atoms. The summed E-state index contributed by atoms with van der Waals surface area (Å²) in [6, 6.07) is 11.1. The number of hydrogen-bond acceptors (Lipinski definition) is 6. The molecule has 0 unspecified atom stereocenters. The quantitative estimate of drug-likeness (QED) is 0.748. The van der Waals surface area contributed by atoms with Crippen LogP contribution in [0, 0.1) is 0 Å². The van der Waals surface area contributed by atoms with Gasteiger partial charge in [-0.25, -0.2) is 13.1 Å². The molecule has 0 saturated carbocycles. The van der Waals surface area contributed by atoms with Crippen LogP contribution in [-0.2, 0) is 14.8 Å². The van der Waals surface area contributed by atoms with Crippen LogP contribution in [0.25, 0.3) is 0 Å². The van der Waals surface area contributed by atoms with E-state index in [0.29, 0.717) is 22.9 Å². The van der Waals surface area contributed by atoms with Crippen molar-refractivity contribution in [3.05, 3.63) is 42.5 Å². The lowest BCUT2D eigenvalue weighted by Crippen LogP contribution is -2.32. The number of benzene rings is 2. The van der Waals surface area contributed by atoms with Gasteiger partial charge in [-0.15, -0.1) is 0 Å².